The number of alkyl carbamates (subject to hydrolysis) is 1. The Hall–Kier alpha value is -1.89. The molecule has 0 unspecified atom stereocenters. The third-order valence-corrected chi connectivity index (χ3v) is 3.63. The second-order valence-corrected chi connectivity index (χ2v) is 7.15. The monoisotopic (exact) mass is 342 g/mol. The molecule has 0 radical (unpaired) electrons. The van der Waals surface area contributed by atoms with Crippen LogP contribution in [-0.4, -0.2) is 23.8 Å². The Morgan fingerprint density at radius 3 is 2.50 bits per heavy atom. The molecule has 134 valence electrons. The topological polar surface area (TPSA) is 73.6 Å². The highest BCUT2D eigenvalue weighted by molar-refractivity contribution is 5.68. The van der Waals surface area contributed by atoms with E-state index in [0.717, 1.165) is 6.07 Å². The molecule has 3 N–H and O–H groups in total. The number of halogens is 2. The quantitative estimate of drug-likeness (QED) is 0.879. The average Bonchev–Trinajstić information content (AvgIpc) is 2.35. The van der Waals surface area contributed by atoms with Crippen molar-refractivity contribution in [1.29, 1.82) is 0 Å². The van der Waals surface area contributed by atoms with Crippen molar-refractivity contribution in [3.63, 3.8) is 0 Å². The first kappa shape index (κ1) is 18.4. The molecule has 2 rings (SSSR count). The van der Waals surface area contributed by atoms with E-state index in [1.54, 1.807) is 27.7 Å². The number of hydrogen-bond donors (Lipinski definition) is 2. The van der Waals surface area contributed by atoms with Crippen molar-refractivity contribution in [2.75, 3.05) is 0 Å². The minimum Gasteiger partial charge on any atom is -0.487 e. The van der Waals surface area contributed by atoms with E-state index in [1.165, 1.54) is 6.07 Å². The highest BCUT2D eigenvalue weighted by Crippen LogP contribution is 2.33. The number of nitrogens with two attached hydrogens (primary N) is 1. The lowest BCUT2D eigenvalue weighted by Crippen LogP contribution is -2.50. The zero-order valence-corrected chi connectivity index (χ0v) is 14.4. The van der Waals surface area contributed by atoms with Crippen molar-refractivity contribution < 1.29 is 23.0 Å². The van der Waals surface area contributed by atoms with E-state index in [1.807, 2.05) is 0 Å². The summed E-state index contributed by atoms with van der Waals surface area (Å²) in [6.07, 6.45) is 0.292. The van der Waals surface area contributed by atoms with Gasteiger partial charge in [-0.25, -0.2) is 13.6 Å². The van der Waals surface area contributed by atoms with E-state index in [2.05, 4.69) is 5.32 Å². The number of rotatable bonds is 4. The Bertz CT molecular complexity index is 609. The van der Waals surface area contributed by atoms with Crippen LogP contribution in [0.15, 0.2) is 12.1 Å². The van der Waals surface area contributed by atoms with E-state index >= 15 is 0 Å². The van der Waals surface area contributed by atoms with Crippen molar-refractivity contribution in [3.8, 4) is 5.75 Å². The summed E-state index contributed by atoms with van der Waals surface area (Å²) in [4.78, 5) is 11.7. The van der Waals surface area contributed by atoms with Gasteiger partial charge in [0.05, 0.1) is 0 Å². The SMILES string of the molecule is C[C@H](N)c1cc(F)cc(F)c1OC1CC(NC(=O)OC(C)(C)C)C1. The molecule has 0 aromatic heterocycles. The van der Waals surface area contributed by atoms with Crippen LogP contribution >= 0.6 is 0 Å². The van der Waals surface area contributed by atoms with Gasteiger partial charge in [0.25, 0.3) is 0 Å². The number of amides is 1. The van der Waals surface area contributed by atoms with Crippen LogP contribution in [0.3, 0.4) is 0 Å². The lowest BCUT2D eigenvalue weighted by molar-refractivity contribution is 0.0352. The summed E-state index contributed by atoms with van der Waals surface area (Å²) in [6.45, 7) is 6.99. The summed E-state index contributed by atoms with van der Waals surface area (Å²) in [5.41, 5.74) is 5.48. The van der Waals surface area contributed by atoms with Gasteiger partial charge in [0, 0.05) is 36.6 Å². The van der Waals surface area contributed by atoms with Crippen molar-refractivity contribution in [3.05, 3.63) is 29.3 Å². The molecular formula is C17H24F2N2O3. The van der Waals surface area contributed by atoms with Crippen LogP contribution in [-0.2, 0) is 4.74 Å². The number of carbonyl (C=O) groups excluding carboxylic acids is 1. The Labute approximate surface area is 140 Å². The summed E-state index contributed by atoms with van der Waals surface area (Å²) in [5.74, 6) is -1.48. The van der Waals surface area contributed by atoms with Gasteiger partial charge < -0.3 is 20.5 Å². The van der Waals surface area contributed by atoms with Crippen LogP contribution in [0, 0.1) is 11.6 Å². The predicted octanol–water partition coefficient (Wildman–Crippen LogP) is 3.42. The molecule has 1 fully saturated rings. The van der Waals surface area contributed by atoms with Crippen LogP contribution in [0.5, 0.6) is 5.75 Å². The van der Waals surface area contributed by atoms with Gasteiger partial charge in [-0.1, -0.05) is 0 Å². The Balaban J connectivity index is 1.91. The molecule has 1 aliphatic carbocycles. The number of benzene rings is 1. The molecule has 5 nitrogen and oxygen atoms in total. The molecule has 0 spiro atoms. The minimum atomic E-state index is -0.772. The highest BCUT2D eigenvalue weighted by Gasteiger charge is 2.34. The first-order valence-electron chi connectivity index (χ1n) is 7.96. The lowest BCUT2D eigenvalue weighted by Gasteiger charge is -2.36. The molecule has 1 aliphatic rings. The predicted molar refractivity (Wildman–Crippen MR) is 85.8 cm³/mol. The molecule has 7 heteroatoms. The molecule has 1 aromatic rings. The van der Waals surface area contributed by atoms with Crippen LogP contribution in [0.4, 0.5) is 13.6 Å². The van der Waals surface area contributed by atoms with E-state index in [4.69, 9.17) is 15.2 Å². The molecule has 1 amide bonds. The Kier molecular flexibility index (Phi) is 5.32. The molecule has 1 atom stereocenters. The van der Waals surface area contributed by atoms with Crippen molar-refractivity contribution >= 4 is 6.09 Å². The molecule has 0 saturated heterocycles. The average molecular weight is 342 g/mol. The molecule has 1 aromatic carbocycles. The molecule has 0 heterocycles. The smallest absolute Gasteiger partial charge is 0.407 e. The molecule has 0 bridgehead atoms. The Morgan fingerprint density at radius 2 is 1.96 bits per heavy atom. The zero-order chi connectivity index (χ0) is 18.1. The van der Waals surface area contributed by atoms with E-state index in [0.29, 0.717) is 12.8 Å². The maximum Gasteiger partial charge on any atom is 0.407 e. The van der Waals surface area contributed by atoms with E-state index in [9.17, 15) is 13.6 Å². The second kappa shape index (κ2) is 6.93. The summed E-state index contributed by atoms with van der Waals surface area (Å²) in [6, 6.07) is 1.31. The number of hydrogen-bond acceptors (Lipinski definition) is 4. The van der Waals surface area contributed by atoms with Gasteiger partial charge in [-0.05, 0) is 33.8 Å². The second-order valence-electron chi connectivity index (χ2n) is 7.15. The van der Waals surface area contributed by atoms with E-state index < -0.39 is 29.4 Å². The molecule has 24 heavy (non-hydrogen) atoms. The van der Waals surface area contributed by atoms with Gasteiger partial charge >= 0.3 is 6.09 Å². The van der Waals surface area contributed by atoms with Crippen LogP contribution in [0.1, 0.15) is 52.1 Å². The molecule has 1 saturated carbocycles. The maximum absolute atomic E-state index is 14.0. The van der Waals surface area contributed by atoms with Crippen LogP contribution in [0.2, 0.25) is 0 Å². The normalized spacial score (nSPS) is 21.6. The fourth-order valence-corrected chi connectivity index (χ4v) is 2.46. The molecular weight excluding hydrogens is 318 g/mol. The lowest BCUT2D eigenvalue weighted by atomic mass is 9.89. The van der Waals surface area contributed by atoms with Crippen molar-refractivity contribution in [2.24, 2.45) is 5.73 Å². The third kappa shape index (κ3) is 4.80. The highest BCUT2D eigenvalue weighted by atomic mass is 19.1. The summed E-state index contributed by atoms with van der Waals surface area (Å²) < 4.78 is 38.1. The number of carbonyl (C=O) groups is 1. The van der Waals surface area contributed by atoms with Crippen molar-refractivity contribution in [1.82, 2.24) is 5.32 Å². The van der Waals surface area contributed by atoms with Crippen molar-refractivity contribution in [2.45, 2.75) is 64.3 Å². The summed E-state index contributed by atoms with van der Waals surface area (Å²) in [7, 11) is 0. The Morgan fingerprint density at radius 1 is 1.33 bits per heavy atom. The fraction of sp³-hybridized carbons (Fsp3) is 0.588. The number of nitrogens with one attached hydrogen (secondary N) is 1. The van der Waals surface area contributed by atoms with Gasteiger partial charge in [-0.2, -0.15) is 0 Å². The zero-order valence-electron chi connectivity index (χ0n) is 14.4. The van der Waals surface area contributed by atoms with Crippen LogP contribution < -0.4 is 15.8 Å². The maximum atomic E-state index is 14.0. The third-order valence-electron chi connectivity index (χ3n) is 3.63. The first-order chi connectivity index (χ1) is 11.0. The first-order valence-corrected chi connectivity index (χ1v) is 7.96. The largest absolute Gasteiger partial charge is 0.487 e. The van der Waals surface area contributed by atoms with E-state index in [-0.39, 0.29) is 23.5 Å². The van der Waals surface area contributed by atoms with Gasteiger partial charge in [-0.3, -0.25) is 0 Å². The fourth-order valence-electron chi connectivity index (χ4n) is 2.46. The summed E-state index contributed by atoms with van der Waals surface area (Å²) >= 11 is 0. The van der Waals surface area contributed by atoms with Gasteiger partial charge in [-0.15, -0.1) is 0 Å². The number of ether oxygens (including phenoxy) is 2. The van der Waals surface area contributed by atoms with Gasteiger partial charge in [0.2, 0.25) is 0 Å². The standard InChI is InChI=1S/C17H24F2N2O3/c1-9(20)13-5-10(18)6-14(19)15(13)23-12-7-11(8-12)21-16(22)24-17(2,3)4/h5-6,9,11-12H,7-8,20H2,1-4H3,(H,21,22)/t9-,11?,12?/m0/s1. The van der Waals surface area contributed by atoms with Gasteiger partial charge in [0.15, 0.2) is 11.6 Å². The van der Waals surface area contributed by atoms with Crippen LogP contribution in [0.25, 0.3) is 0 Å². The van der Waals surface area contributed by atoms with Gasteiger partial charge in [0.1, 0.15) is 17.5 Å². The minimum absolute atomic E-state index is 0.0212. The molecule has 0 aliphatic heterocycles. The summed E-state index contributed by atoms with van der Waals surface area (Å²) in [5, 5.41) is 2.73.